The highest BCUT2D eigenvalue weighted by Gasteiger charge is 2.36. The minimum Gasteiger partial charge on any atom is -0.467 e. The largest absolute Gasteiger partial charge is 0.467 e. The van der Waals surface area contributed by atoms with Crippen LogP contribution in [-0.4, -0.2) is 45.0 Å². The highest BCUT2D eigenvalue weighted by atomic mass is 19.4. The van der Waals surface area contributed by atoms with Crippen molar-refractivity contribution in [1.29, 1.82) is 0 Å². The first-order chi connectivity index (χ1) is 6.81. The van der Waals surface area contributed by atoms with Gasteiger partial charge in [-0.2, -0.15) is 13.2 Å². The Morgan fingerprint density at radius 3 is 1.80 bits per heavy atom. The molecule has 0 aromatic carbocycles. The number of hydrogen-bond acceptors (Lipinski definition) is 5. The summed E-state index contributed by atoms with van der Waals surface area (Å²) in [4.78, 5) is 21.6. The zero-order valence-electron chi connectivity index (χ0n) is 7.96. The Hall–Kier alpha value is -1.31. The van der Waals surface area contributed by atoms with Gasteiger partial charge in [0.05, 0.1) is 14.2 Å². The third-order valence-corrected chi connectivity index (χ3v) is 1.24. The number of carbonyl (C=O) groups excluding carboxylic acids is 2. The van der Waals surface area contributed by atoms with Crippen molar-refractivity contribution in [2.45, 2.75) is 12.3 Å². The minimum absolute atomic E-state index is 0.912. The van der Waals surface area contributed by atoms with Crippen molar-refractivity contribution in [2.75, 3.05) is 20.8 Å². The van der Waals surface area contributed by atoms with Gasteiger partial charge in [0.2, 0.25) is 0 Å². The van der Waals surface area contributed by atoms with Gasteiger partial charge in [-0.1, -0.05) is 0 Å². The van der Waals surface area contributed by atoms with Crippen LogP contribution in [0.5, 0.6) is 0 Å². The molecule has 0 saturated heterocycles. The topological polar surface area (TPSA) is 61.8 Å². The zero-order chi connectivity index (χ0) is 12.1. The number of alkyl halides is 3. The molecule has 0 spiro atoms. The van der Waals surface area contributed by atoms with Crippen molar-refractivity contribution >= 4 is 11.9 Å². The number of ether oxygens (including phenoxy) is 3. The Bertz CT molecular complexity index is 221. The van der Waals surface area contributed by atoms with Gasteiger partial charge >= 0.3 is 18.1 Å². The van der Waals surface area contributed by atoms with Crippen LogP contribution in [0, 0.1) is 0 Å². The Morgan fingerprint density at radius 1 is 1.13 bits per heavy atom. The molecule has 0 aliphatic rings. The van der Waals surface area contributed by atoms with Gasteiger partial charge in [0.15, 0.2) is 0 Å². The second-order valence-corrected chi connectivity index (χ2v) is 2.35. The highest BCUT2D eigenvalue weighted by Crippen LogP contribution is 2.16. The van der Waals surface area contributed by atoms with E-state index in [4.69, 9.17) is 0 Å². The van der Waals surface area contributed by atoms with Crippen LogP contribution in [-0.2, 0) is 23.8 Å². The van der Waals surface area contributed by atoms with Crippen LogP contribution in [0.4, 0.5) is 13.2 Å². The number of hydrogen-bond donors (Lipinski definition) is 0. The maximum atomic E-state index is 11.7. The Balaban J connectivity index is 4.39. The summed E-state index contributed by atoms with van der Waals surface area (Å²) in [7, 11) is 1.82. The van der Waals surface area contributed by atoms with E-state index in [1.165, 1.54) is 0 Å². The van der Waals surface area contributed by atoms with Crippen LogP contribution in [0.25, 0.3) is 0 Å². The second kappa shape index (κ2) is 5.54. The Labute approximate surface area is 83.1 Å². The molecule has 0 rings (SSSR count). The lowest BCUT2D eigenvalue weighted by Gasteiger charge is -2.14. The van der Waals surface area contributed by atoms with E-state index in [-0.39, 0.29) is 0 Å². The van der Waals surface area contributed by atoms with E-state index in [2.05, 4.69) is 14.2 Å². The Morgan fingerprint density at radius 2 is 1.53 bits per heavy atom. The van der Waals surface area contributed by atoms with Gasteiger partial charge in [-0.3, -0.25) is 0 Å². The molecule has 0 aliphatic carbocycles. The number of halogens is 3. The smallest absolute Gasteiger partial charge is 0.411 e. The van der Waals surface area contributed by atoms with Gasteiger partial charge in [-0.25, -0.2) is 9.59 Å². The van der Waals surface area contributed by atoms with Crippen molar-refractivity contribution in [3.63, 3.8) is 0 Å². The van der Waals surface area contributed by atoms with E-state index in [1.807, 2.05) is 0 Å². The molecule has 88 valence electrons. The van der Waals surface area contributed by atoms with Gasteiger partial charge in [0, 0.05) is 0 Å². The first-order valence-corrected chi connectivity index (χ1v) is 3.66. The third kappa shape index (κ3) is 5.21. The summed E-state index contributed by atoms with van der Waals surface area (Å²) >= 11 is 0. The summed E-state index contributed by atoms with van der Waals surface area (Å²) in [6.07, 6.45) is -6.65. The second-order valence-electron chi connectivity index (χ2n) is 2.35. The number of rotatable bonds is 4. The molecule has 0 heterocycles. The summed E-state index contributed by atoms with van der Waals surface area (Å²) in [5.41, 5.74) is 0. The third-order valence-electron chi connectivity index (χ3n) is 1.24. The summed E-state index contributed by atoms with van der Waals surface area (Å²) < 4.78 is 47.3. The minimum atomic E-state index is -4.64. The van der Waals surface area contributed by atoms with Gasteiger partial charge in [0.1, 0.15) is 6.61 Å². The van der Waals surface area contributed by atoms with Crippen molar-refractivity contribution in [3.8, 4) is 0 Å². The van der Waals surface area contributed by atoms with Crippen LogP contribution in [0.2, 0.25) is 0 Å². The molecule has 15 heavy (non-hydrogen) atoms. The van der Waals surface area contributed by atoms with Gasteiger partial charge in [0.25, 0.3) is 6.10 Å². The molecule has 0 bridgehead atoms. The van der Waals surface area contributed by atoms with Gasteiger partial charge in [-0.05, 0) is 0 Å². The Kier molecular flexibility index (Phi) is 5.06. The van der Waals surface area contributed by atoms with Crippen LogP contribution < -0.4 is 0 Å². The molecule has 0 fully saturated rings. The van der Waals surface area contributed by atoms with E-state index < -0.39 is 30.8 Å². The molecule has 0 atom stereocenters. The SMILES string of the molecule is COC(=O)C(OCC(F)(F)F)C(=O)OC. The fourth-order valence-electron chi connectivity index (χ4n) is 0.624. The first kappa shape index (κ1) is 13.7. The molecular formula is C7H9F3O5. The molecule has 0 amide bonds. The monoisotopic (exact) mass is 230 g/mol. The predicted octanol–water partition coefficient (Wildman–Crippen LogP) is 0.280. The summed E-state index contributed by atoms with van der Waals surface area (Å²) in [5.74, 6) is -2.49. The average Bonchev–Trinajstić information content (AvgIpc) is 2.15. The predicted molar refractivity (Wildman–Crippen MR) is 39.8 cm³/mol. The van der Waals surface area contributed by atoms with Crippen LogP contribution >= 0.6 is 0 Å². The van der Waals surface area contributed by atoms with E-state index in [9.17, 15) is 22.8 Å². The van der Waals surface area contributed by atoms with E-state index >= 15 is 0 Å². The molecule has 0 aliphatic heterocycles. The molecule has 5 nitrogen and oxygen atoms in total. The van der Waals surface area contributed by atoms with Gasteiger partial charge < -0.3 is 14.2 Å². The maximum Gasteiger partial charge on any atom is 0.411 e. The first-order valence-electron chi connectivity index (χ1n) is 3.66. The fourth-order valence-corrected chi connectivity index (χ4v) is 0.624. The maximum absolute atomic E-state index is 11.7. The van der Waals surface area contributed by atoms with Crippen molar-refractivity contribution in [2.24, 2.45) is 0 Å². The lowest BCUT2D eigenvalue weighted by Crippen LogP contribution is -2.37. The summed E-state index contributed by atoms with van der Waals surface area (Å²) in [5, 5.41) is 0. The molecule has 0 saturated carbocycles. The van der Waals surface area contributed by atoms with E-state index in [0.29, 0.717) is 0 Å². The fraction of sp³-hybridized carbons (Fsp3) is 0.714. The summed E-state index contributed by atoms with van der Waals surface area (Å²) in [6, 6.07) is 0. The lowest BCUT2D eigenvalue weighted by atomic mass is 10.3. The van der Waals surface area contributed by atoms with Crippen molar-refractivity contribution in [3.05, 3.63) is 0 Å². The lowest BCUT2D eigenvalue weighted by molar-refractivity contribution is -0.200. The molecule has 0 aromatic rings. The molecular weight excluding hydrogens is 221 g/mol. The molecule has 0 N–H and O–H groups in total. The number of carbonyl (C=O) groups is 2. The molecule has 0 unspecified atom stereocenters. The molecule has 8 heteroatoms. The van der Waals surface area contributed by atoms with Crippen molar-refractivity contribution in [1.82, 2.24) is 0 Å². The van der Waals surface area contributed by atoms with Crippen LogP contribution in [0.3, 0.4) is 0 Å². The van der Waals surface area contributed by atoms with E-state index in [1.54, 1.807) is 0 Å². The standard InChI is InChI=1S/C7H9F3O5/c1-13-5(11)4(6(12)14-2)15-3-7(8,9)10/h4H,3H2,1-2H3. The van der Waals surface area contributed by atoms with Crippen molar-refractivity contribution < 1.29 is 37.0 Å². The number of methoxy groups -OCH3 is 2. The summed E-state index contributed by atoms with van der Waals surface area (Å²) in [6.45, 7) is -1.73. The molecule has 0 aromatic heterocycles. The molecule has 0 radical (unpaired) electrons. The highest BCUT2D eigenvalue weighted by molar-refractivity contribution is 5.97. The normalized spacial score (nSPS) is 11.3. The zero-order valence-corrected chi connectivity index (χ0v) is 7.96. The van der Waals surface area contributed by atoms with E-state index in [0.717, 1.165) is 14.2 Å². The van der Waals surface area contributed by atoms with Crippen LogP contribution in [0.1, 0.15) is 0 Å². The average molecular weight is 230 g/mol. The van der Waals surface area contributed by atoms with Crippen LogP contribution in [0.15, 0.2) is 0 Å². The number of esters is 2. The van der Waals surface area contributed by atoms with Gasteiger partial charge in [-0.15, -0.1) is 0 Å². The quantitative estimate of drug-likeness (QED) is 0.512.